The van der Waals surface area contributed by atoms with E-state index >= 15 is 0 Å². The fourth-order valence-corrected chi connectivity index (χ4v) is 2.19. The number of alkyl carbamates (subject to hydrolysis) is 1. The number of aromatic nitrogens is 1. The highest BCUT2D eigenvalue weighted by atomic mass is 35.5. The lowest BCUT2D eigenvalue weighted by molar-refractivity contribution is -0.147. The van der Waals surface area contributed by atoms with Gasteiger partial charge in [-0.15, -0.1) is 0 Å². The van der Waals surface area contributed by atoms with Gasteiger partial charge in [-0.2, -0.15) is 0 Å². The Bertz CT molecular complexity index is 631. The highest BCUT2D eigenvalue weighted by Crippen LogP contribution is 2.21. The first kappa shape index (κ1) is 23.0. The van der Waals surface area contributed by atoms with E-state index in [4.69, 9.17) is 21.1 Å². The molecule has 8 nitrogen and oxygen atoms in total. The summed E-state index contributed by atoms with van der Waals surface area (Å²) in [5.74, 6) is -0.173. The molecule has 0 saturated carbocycles. The number of esters is 1. The summed E-state index contributed by atoms with van der Waals surface area (Å²) in [5, 5.41) is 12.9. The molecule has 0 fully saturated rings. The van der Waals surface area contributed by atoms with Crippen molar-refractivity contribution in [2.24, 2.45) is 0 Å². The predicted molar refractivity (Wildman–Crippen MR) is 103 cm³/mol. The zero-order valence-electron chi connectivity index (χ0n) is 16.5. The average molecular weight is 402 g/mol. The monoisotopic (exact) mass is 401 g/mol. The maximum absolute atomic E-state index is 12.2. The summed E-state index contributed by atoms with van der Waals surface area (Å²) in [5.41, 5.74) is -0.427. The second-order valence-electron chi connectivity index (χ2n) is 7.30. The van der Waals surface area contributed by atoms with Gasteiger partial charge >= 0.3 is 12.1 Å². The Morgan fingerprint density at radius 2 is 1.96 bits per heavy atom. The average Bonchev–Trinajstić information content (AvgIpc) is 2.57. The number of ether oxygens (including phenoxy) is 2. The SMILES string of the molecule is CC(C)N(C)c1ccc(C(O)C(NC(=O)OC(C)(C)C)C(=O)OCCl)cn1. The summed E-state index contributed by atoms with van der Waals surface area (Å²) >= 11 is 5.43. The molecule has 0 aliphatic carbocycles. The Labute approximate surface area is 164 Å². The Hall–Kier alpha value is -2.06. The molecule has 1 heterocycles. The first-order chi connectivity index (χ1) is 12.5. The van der Waals surface area contributed by atoms with Crippen molar-refractivity contribution in [1.82, 2.24) is 10.3 Å². The number of aliphatic hydroxyl groups excluding tert-OH is 1. The van der Waals surface area contributed by atoms with Crippen LogP contribution in [0.2, 0.25) is 0 Å². The lowest BCUT2D eigenvalue weighted by Crippen LogP contribution is -2.47. The zero-order valence-corrected chi connectivity index (χ0v) is 17.3. The van der Waals surface area contributed by atoms with Crippen LogP contribution >= 0.6 is 11.6 Å². The lowest BCUT2D eigenvalue weighted by Gasteiger charge is -2.26. The van der Waals surface area contributed by atoms with Gasteiger partial charge in [-0.3, -0.25) is 0 Å². The number of pyridine rings is 1. The number of carbonyl (C=O) groups is 2. The molecule has 9 heteroatoms. The number of alkyl halides is 1. The third-order valence-electron chi connectivity index (χ3n) is 3.69. The Morgan fingerprint density at radius 1 is 1.33 bits per heavy atom. The molecule has 0 saturated heterocycles. The number of anilines is 1. The Morgan fingerprint density at radius 3 is 2.41 bits per heavy atom. The number of carbonyl (C=O) groups excluding carboxylic acids is 2. The third kappa shape index (κ3) is 7.22. The van der Waals surface area contributed by atoms with Gasteiger partial charge in [0.1, 0.15) is 17.5 Å². The molecular weight excluding hydrogens is 374 g/mol. The molecule has 1 aromatic rings. The normalized spacial score (nSPS) is 13.7. The highest BCUT2D eigenvalue weighted by molar-refractivity contribution is 6.17. The summed E-state index contributed by atoms with van der Waals surface area (Å²) in [4.78, 5) is 30.4. The van der Waals surface area contributed by atoms with E-state index in [1.54, 1.807) is 32.9 Å². The van der Waals surface area contributed by atoms with E-state index in [2.05, 4.69) is 10.3 Å². The highest BCUT2D eigenvalue weighted by Gasteiger charge is 2.33. The minimum Gasteiger partial charge on any atom is -0.448 e. The van der Waals surface area contributed by atoms with Crippen molar-refractivity contribution in [1.29, 1.82) is 0 Å². The van der Waals surface area contributed by atoms with Gasteiger partial charge in [0, 0.05) is 24.8 Å². The number of amides is 1. The van der Waals surface area contributed by atoms with Crippen LogP contribution in [-0.4, -0.2) is 53.0 Å². The van der Waals surface area contributed by atoms with Crippen LogP contribution < -0.4 is 10.2 Å². The van der Waals surface area contributed by atoms with E-state index < -0.39 is 35.9 Å². The molecule has 1 rings (SSSR count). The van der Waals surface area contributed by atoms with Crippen LogP contribution in [0.3, 0.4) is 0 Å². The fourth-order valence-electron chi connectivity index (χ4n) is 2.08. The molecule has 152 valence electrons. The first-order valence-corrected chi connectivity index (χ1v) is 9.08. The van der Waals surface area contributed by atoms with Gasteiger partial charge in [-0.25, -0.2) is 14.6 Å². The number of nitrogens with one attached hydrogen (secondary N) is 1. The van der Waals surface area contributed by atoms with E-state index in [0.29, 0.717) is 11.4 Å². The first-order valence-electron chi connectivity index (χ1n) is 8.55. The largest absolute Gasteiger partial charge is 0.448 e. The van der Waals surface area contributed by atoms with Crippen molar-refractivity contribution in [3.05, 3.63) is 23.9 Å². The fraction of sp³-hybridized carbons (Fsp3) is 0.611. The van der Waals surface area contributed by atoms with Crippen LogP contribution in [0, 0.1) is 0 Å². The molecule has 1 aromatic heterocycles. The van der Waals surface area contributed by atoms with E-state index in [-0.39, 0.29) is 6.04 Å². The molecular formula is C18H28ClN3O5. The smallest absolute Gasteiger partial charge is 0.408 e. The van der Waals surface area contributed by atoms with Crippen LogP contribution in [0.1, 0.15) is 46.3 Å². The van der Waals surface area contributed by atoms with Crippen molar-refractivity contribution in [2.45, 2.75) is 58.4 Å². The van der Waals surface area contributed by atoms with E-state index in [9.17, 15) is 14.7 Å². The zero-order chi connectivity index (χ0) is 20.8. The standard InChI is InChI=1S/C18H28ClN3O5/c1-11(2)22(6)13-8-7-12(9-20-13)15(23)14(16(24)26-10-19)21-17(25)27-18(3,4)5/h7-9,11,14-15,23H,10H2,1-6H3,(H,21,25). The Balaban J connectivity index is 3.00. The molecule has 0 spiro atoms. The van der Waals surface area contributed by atoms with Crippen LogP contribution in [0.15, 0.2) is 18.3 Å². The van der Waals surface area contributed by atoms with Gasteiger partial charge in [-0.05, 0) is 40.7 Å². The Kier molecular flexibility index (Phi) is 8.30. The maximum atomic E-state index is 12.2. The van der Waals surface area contributed by atoms with E-state index in [1.807, 2.05) is 25.8 Å². The molecule has 0 radical (unpaired) electrons. The van der Waals surface area contributed by atoms with Crippen molar-refractivity contribution >= 4 is 29.5 Å². The van der Waals surface area contributed by atoms with Crippen LogP contribution in [0.25, 0.3) is 0 Å². The van der Waals surface area contributed by atoms with Gasteiger partial charge in [0.2, 0.25) is 0 Å². The number of nitrogens with zero attached hydrogens (tertiary/aromatic N) is 2. The molecule has 1 amide bonds. The number of halogens is 1. The van der Waals surface area contributed by atoms with E-state index in [1.165, 1.54) is 6.20 Å². The van der Waals surface area contributed by atoms with Gasteiger partial charge < -0.3 is 24.8 Å². The molecule has 0 aliphatic rings. The molecule has 0 aliphatic heterocycles. The quantitative estimate of drug-likeness (QED) is 0.534. The van der Waals surface area contributed by atoms with Gasteiger partial charge in [-0.1, -0.05) is 17.7 Å². The van der Waals surface area contributed by atoms with Crippen LogP contribution in [-0.2, 0) is 14.3 Å². The van der Waals surface area contributed by atoms with Crippen LogP contribution in [0.5, 0.6) is 0 Å². The summed E-state index contributed by atoms with van der Waals surface area (Å²) < 4.78 is 9.87. The molecule has 0 bridgehead atoms. The number of hydrogen-bond acceptors (Lipinski definition) is 7. The number of rotatable bonds is 7. The second-order valence-corrected chi connectivity index (χ2v) is 7.51. The lowest BCUT2D eigenvalue weighted by atomic mass is 10.0. The van der Waals surface area contributed by atoms with Crippen molar-refractivity contribution in [3.8, 4) is 0 Å². The summed E-state index contributed by atoms with van der Waals surface area (Å²) in [6.45, 7) is 9.09. The van der Waals surface area contributed by atoms with Crippen LogP contribution in [0.4, 0.5) is 10.6 Å². The predicted octanol–water partition coefficient (Wildman–Crippen LogP) is 2.59. The topological polar surface area (TPSA) is 101 Å². The van der Waals surface area contributed by atoms with Crippen molar-refractivity contribution in [2.75, 3.05) is 18.0 Å². The van der Waals surface area contributed by atoms with Gasteiger partial charge in [0.15, 0.2) is 12.1 Å². The van der Waals surface area contributed by atoms with Gasteiger partial charge in [0.05, 0.1) is 0 Å². The molecule has 0 aromatic carbocycles. The van der Waals surface area contributed by atoms with Gasteiger partial charge in [0.25, 0.3) is 0 Å². The summed E-state index contributed by atoms with van der Waals surface area (Å²) in [7, 11) is 1.90. The molecule has 27 heavy (non-hydrogen) atoms. The minimum absolute atomic E-state index is 0.244. The molecule has 2 atom stereocenters. The third-order valence-corrected chi connectivity index (χ3v) is 3.80. The van der Waals surface area contributed by atoms with Crippen molar-refractivity contribution in [3.63, 3.8) is 0 Å². The molecule has 2 unspecified atom stereocenters. The maximum Gasteiger partial charge on any atom is 0.408 e. The second kappa shape index (κ2) is 9.75. The number of aliphatic hydroxyl groups is 1. The summed E-state index contributed by atoms with van der Waals surface area (Å²) in [6, 6.07) is 1.79. The summed E-state index contributed by atoms with van der Waals surface area (Å²) in [6.07, 6.45) is -0.808. The van der Waals surface area contributed by atoms with Crippen molar-refractivity contribution < 1.29 is 24.2 Å². The minimum atomic E-state index is -1.39. The number of hydrogen-bond donors (Lipinski definition) is 2. The molecule has 2 N–H and O–H groups in total. The van der Waals surface area contributed by atoms with E-state index in [0.717, 1.165) is 0 Å².